The van der Waals surface area contributed by atoms with Crippen molar-refractivity contribution in [2.75, 3.05) is 39.3 Å². The zero-order valence-corrected chi connectivity index (χ0v) is 18.1. The third-order valence-corrected chi connectivity index (χ3v) is 5.51. The smallest absolute Gasteiger partial charge is 0.257 e. The lowest BCUT2D eigenvalue weighted by molar-refractivity contribution is -0.903. The van der Waals surface area contributed by atoms with Crippen LogP contribution in [-0.2, 0) is 4.79 Å². The summed E-state index contributed by atoms with van der Waals surface area (Å²) in [4.78, 5) is 28.6. The van der Waals surface area contributed by atoms with Crippen molar-refractivity contribution >= 4 is 11.8 Å². The van der Waals surface area contributed by atoms with Gasteiger partial charge in [0, 0.05) is 19.5 Å². The van der Waals surface area contributed by atoms with Gasteiger partial charge in [-0.1, -0.05) is 13.8 Å². The number of amides is 2. The van der Waals surface area contributed by atoms with Crippen LogP contribution in [0.1, 0.15) is 67.8 Å². The third kappa shape index (κ3) is 7.30. The molecule has 0 aromatic carbocycles. The van der Waals surface area contributed by atoms with Crippen LogP contribution in [0.5, 0.6) is 0 Å². The lowest BCUT2D eigenvalue weighted by Gasteiger charge is -2.24. The van der Waals surface area contributed by atoms with Crippen LogP contribution in [0.4, 0.5) is 0 Å². The highest BCUT2D eigenvalue weighted by Crippen LogP contribution is 2.17. The van der Waals surface area contributed by atoms with Crippen molar-refractivity contribution in [3.8, 4) is 0 Å². The molecule has 1 aliphatic rings. The van der Waals surface area contributed by atoms with Crippen LogP contribution in [0.25, 0.3) is 0 Å². The van der Waals surface area contributed by atoms with Gasteiger partial charge in [-0.3, -0.25) is 9.59 Å². The molecule has 28 heavy (non-hydrogen) atoms. The topological polar surface area (TPSA) is 67.0 Å². The van der Waals surface area contributed by atoms with Crippen molar-refractivity contribution < 1.29 is 18.9 Å². The molecule has 0 unspecified atom stereocenters. The van der Waals surface area contributed by atoms with E-state index in [1.165, 1.54) is 32.4 Å². The maximum absolute atomic E-state index is 13.0. The molecule has 6 heteroatoms. The fourth-order valence-electron chi connectivity index (χ4n) is 3.75. The van der Waals surface area contributed by atoms with E-state index in [2.05, 4.69) is 19.2 Å². The van der Waals surface area contributed by atoms with Gasteiger partial charge in [0.1, 0.15) is 11.5 Å². The SMILES string of the molecule is Cc1cc(C(=O)N(CCC(=O)NCC[NH+]2CCCCC2)CCC(C)C)c(C)o1. The molecule has 1 aromatic heterocycles. The first-order valence-corrected chi connectivity index (χ1v) is 10.8. The lowest BCUT2D eigenvalue weighted by atomic mass is 10.1. The second kappa shape index (κ2) is 11.2. The van der Waals surface area contributed by atoms with Gasteiger partial charge in [0.15, 0.2) is 0 Å². The van der Waals surface area contributed by atoms with E-state index in [-0.39, 0.29) is 11.8 Å². The summed E-state index contributed by atoms with van der Waals surface area (Å²) in [7, 11) is 0. The number of nitrogens with zero attached hydrogens (tertiary/aromatic N) is 1. The van der Waals surface area contributed by atoms with Crippen molar-refractivity contribution in [2.24, 2.45) is 5.92 Å². The Morgan fingerprint density at radius 2 is 1.89 bits per heavy atom. The number of piperidine rings is 1. The molecule has 1 aliphatic heterocycles. The van der Waals surface area contributed by atoms with E-state index in [1.807, 2.05) is 13.8 Å². The number of aryl methyl sites for hydroxylation is 2. The van der Waals surface area contributed by atoms with Gasteiger partial charge < -0.3 is 19.5 Å². The minimum Gasteiger partial charge on any atom is -0.466 e. The Hall–Kier alpha value is -1.82. The summed E-state index contributed by atoms with van der Waals surface area (Å²) in [5.74, 6) is 1.87. The zero-order valence-electron chi connectivity index (χ0n) is 18.1. The molecule has 2 heterocycles. The second-order valence-electron chi connectivity index (χ2n) is 8.46. The molecule has 0 spiro atoms. The minimum atomic E-state index is -0.0411. The summed E-state index contributed by atoms with van der Waals surface area (Å²) >= 11 is 0. The molecule has 2 rings (SSSR count). The van der Waals surface area contributed by atoms with Gasteiger partial charge in [0.25, 0.3) is 5.91 Å². The zero-order chi connectivity index (χ0) is 20.5. The van der Waals surface area contributed by atoms with E-state index in [4.69, 9.17) is 4.42 Å². The van der Waals surface area contributed by atoms with Crippen LogP contribution in [-0.4, -0.2) is 56.0 Å². The van der Waals surface area contributed by atoms with E-state index in [9.17, 15) is 9.59 Å². The number of nitrogens with one attached hydrogen (secondary N) is 2. The van der Waals surface area contributed by atoms with Gasteiger partial charge in [0.2, 0.25) is 5.91 Å². The first kappa shape index (κ1) is 22.5. The van der Waals surface area contributed by atoms with E-state index in [0.717, 1.165) is 18.7 Å². The van der Waals surface area contributed by atoms with Gasteiger partial charge in [-0.15, -0.1) is 0 Å². The molecular formula is C22H38N3O3+. The molecular weight excluding hydrogens is 354 g/mol. The molecule has 158 valence electrons. The van der Waals surface area contributed by atoms with Gasteiger partial charge in [-0.2, -0.15) is 0 Å². The number of quaternary nitrogens is 1. The maximum atomic E-state index is 13.0. The first-order valence-electron chi connectivity index (χ1n) is 10.8. The third-order valence-electron chi connectivity index (χ3n) is 5.51. The predicted octanol–water partition coefficient (Wildman–Crippen LogP) is 1.96. The summed E-state index contributed by atoms with van der Waals surface area (Å²) in [5.41, 5.74) is 0.607. The van der Waals surface area contributed by atoms with Gasteiger partial charge >= 0.3 is 0 Å². The van der Waals surface area contributed by atoms with Crippen molar-refractivity contribution in [3.05, 3.63) is 23.2 Å². The van der Waals surface area contributed by atoms with E-state index < -0.39 is 0 Å². The number of carbonyl (C=O) groups is 2. The molecule has 0 atom stereocenters. The van der Waals surface area contributed by atoms with Gasteiger partial charge in [-0.05, 0) is 51.5 Å². The first-order chi connectivity index (χ1) is 13.4. The van der Waals surface area contributed by atoms with Crippen LogP contribution in [0.2, 0.25) is 0 Å². The highest BCUT2D eigenvalue weighted by atomic mass is 16.3. The molecule has 0 saturated carbocycles. The number of hydrogen-bond acceptors (Lipinski definition) is 3. The van der Waals surface area contributed by atoms with Gasteiger partial charge in [-0.25, -0.2) is 0 Å². The maximum Gasteiger partial charge on any atom is 0.257 e. The largest absolute Gasteiger partial charge is 0.466 e. The molecule has 6 nitrogen and oxygen atoms in total. The Morgan fingerprint density at radius 3 is 2.50 bits per heavy atom. The second-order valence-corrected chi connectivity index (χ2v) is 8.46. The van der Waals surface area contributed by atoms with E-state index >= 15 is 0 Å². The molecule has 1 fully saturated rings. The van der Waals surface area contributed by atoms with Crippen molar-refractivity contribution in [2.45, 2.75) is 59.8 Å². The molecule has 2 amide bonds. The highest BCUT2D eigenvalue weighted by molar-refractivity contribution is 5.95. The van der Waals surface area contributed by atoms with Crippen molar-refractivity contribution in [1.82, 2.24) is 10.2 Å². The summed E-state index contributed by atoms with van der Waals surface area (Å²) in [6, 6.07) is 1.79. The summed E-state index contributed by atoms with van der Waals surface area (Å²) < 4.78 is 5.52. The normalized spacial score (nSPS) is 15.0. The average molecular weight is 393 g/mol. The average Bonchev–Trinajstić information content (AvgIpc) is 3.00. The number of rotatable bonds is 10. The molecule has 0 aliphatic carbocycles. The highest BCUT2D eigenvalue weighted by Gasteiger charge is 2.21. The van der Waals surface area contributed by atoms with Gasteiger partial charge in [0.05, 0.1) is 31.7 Å². The van der Waals surface area contributed by atoms with Crippen LogP contribution in [0.3, 0.4) is 0 Å². The number of carbonyl (C=O) groups excluding carboxylic acids is 2. The Morgan fingerprint density at radius 1 is 1.18 bits per heavy atom. The Labute approximate surface area is 169 Å². The van der Waals surface area contributed by atoms with Crippen LogP contribution in [0, 0.1) is 19.8 Å². The lowest BCUT2D eigenvalue weighted by Crippen LogP contribution is -3.13. The monoisotopic (exact) mass is 392 g/mol. The van der Waals surface area contributed by atoms with Crippen LogP contribution >= 0.6 is 0 Å². The Bertz CT molecular complexity index is 633. The molecule has 2 N–H and O–H groups in total. The summed E-state index contributed by atoms with van der Waals surface area (Å²) in [6.45, 7) is 13.2. The molecule has 1 saturated heterocycles. The van der Waals surface area contributed by atoms with Crippen molar-refractivity contribution in [3.63, 3.8) is 0 Å². The van der Waals surface area contributed by atoms with Crippen LogP contribution in [0.15, 0.2) is 10.5 Å². The van der Waals surface area contributed by atoms with E-state index in [1.54, 1.807) is 15.9 Å². The molecule has 1 aromatic rings. The number of furan rings is 1. The minimum absolute atomic E-state index is 0.0267. The fourth-order valence-corrected chi connectivity index (χ4v) is 3.75. The Balaban J connectivity index is 1.82. The number of hydrogen-bond donors (Lipinski definition) is 2. The molecule has 0 bridgehead atoms. The van der Waals surface area contributed by atoms with Crippen molar-refractivity contribution in [1.29, 1.82) is 0 Å². The van der Waals surface area contributed by atoms with Crippen LogP contribution < -0.4 is 10.2 Å². The standard InChI is InChI=1S/C22H37N3O3/c1-17(2)8-13-25(22(27)20-16-18(3)28-19(20)4)14-9-21(26)23-10-15-24-11-6-5-7-12-24/h16-17H,5-15H2,1-4H3,(H,23,26)/p+1. The molecule has 0 radical (unpaired) electrons. The predicted molar refractivity (Wildman–Crippen MR) is 111 cm³/mol. The van der Waals surface area contributed by atoms with E-state index in [0.29, 0.717) is 43.3 Å². The summed E-state index contributed by atoms with van der Waals surface area (Å²) in [6.07, 6.45) is 5.19. The fraction of sp³-hybridized carbons (Fsp3) is 0.727. The Kier molecular flexibility index (Phi) is 9.03. The summed E-state index contributed by atoms with van der Waals surface area (Å²) in [5, 5.41) is 3.03. The number of likely N-dealkylation sites (tertiary alicyclic amines) is 1. The quantitative estimate of drug-likeness (QED) is 0.640.